The number of nitrogens with zero attached hydrogens (tertiary/aromatic N) is 1. The Balaban J connectivity index is 2.21. The number of nitrogens with one attached hydrogen (secondary N) is 1. The Morgan fingerprint density at radius 1 is 1.38 bits per heavy atom. The third-order valence-electron chi connectivity index (χ3n) is 2.55. The molecule has 0 saturated carbocycles. The zero-order chi connectivity index (χ0) is 15.4. The summed E-state index contributed by atoms with van der Waals surface area (Å²) in [6, 6.07) is 8.48. The fraction of sp³-hybridized carbons (Fsp3) is 0.200. The first-order valence-electron chi connectivity index (χ1n) is 6.35. The van der Waals surface area contributed by atoms with E-state index in [1.165, 1.54) is 0 Å². The highest BCUT2D eigenvalue weighted by Crippen LogP contribution is 2.25. The number of anilines is 1. The molecule has 0 radical (unpaired) electrons. The molecule has 110 valence electrons. The maximum atomic E-state index is 12.2. The molecule has 0 fully saturated rings. The number of carbonyl (C=O) groups excluding carboxylic acids is 1. The van der Waals surface area contributed by atoms with Gasteiger partial charge in [-0.05, 0) is 60.1 Å². The summed E-state index contributed by atoms with van der Waals surface area (Å²) in [5.74, 6) is 0.120. The van der Waals surface area contributed by atoms with E-state index in [0.717, 1.165) is 4.47 Å². The summed E-state index contributed by atoms with van der Waals surface area (Å²) in [7, 11) is 0. The molecule has 6 heteroatoms. The highest BCUT2D eigenvalue weighted by Gasteiger charge is 2.12. The zero-order valence-corrected chi connectivity index (χ0v) is 13.9. The van der Waals surface area contributed by atoms with E-state index in [4.69, 9.17) is 16.3 Å². The number of carbonyl (C=O) groups is 1. The van der Waals surface area contributed by atoms with Gasteiger partial charge in [0.25, 0.3) is 5.91 Å². The van der Waals surface area contributed by atoms with Crippen molar-refractivity contribution >= 4 is 39.1 Å². The van der Waals surface area contributed by atoms with E-state index in [-0.39, 0.29) is 12.0 Å². The molecule has 4 nitrogen and oxygen atoms in total. The van der Waals surface area contributed by atoms with Gasteiger partial charge in [-0.3, -0.25) is 4.79 Å². The summed E-state index contributed by atoms with van der Waals surface area (Å²) < 4.78 is 6.31. The summed E-state index contributed by atoms with van der Waals surface area (Å²) in [6.07, 6.45) is 1.59. The van der Waals surface area contributed by atoms with Crippen LogP contribution in [0.5, 0.6) is 5.88 Å². The van der Waals surface area contributed by atoms with Crippen molar-refractivity contribution in [3.63, 3.8) is 0 Å². The van der Waals surface area contributed by atoms with Crippen molar-refractivity contribution in [3.05, 3.63) is 51.6 Å². The van der Waals surface area contributed by atoms with Crippen molar-refractivity contribution < 1.29 is 9.53 Å². The van der Waals surface area contributed by atoms with E-state index in [9.17, 15) is 4.79 Å². The average Bonchev–Trinajstić information content (AvgIpc) is 2.43. The molecular weight excluding hydrogens is 356 g/mol. The van der Waals surface area contributed by atoms with Crippen LogP contribution in [-0.4, -0.2) is 17.0 Å². The first kappa shape index (κ1) is 15.8. The summed E-state index contributed by atoms with van der Waals surface area (Å²) in [5.41, 5.74) is 0.984. The van der Waals surface area contributed by atoms with Crippen molar-refractivity contribution in [2.75, 3.05) is 5.32 Å². The van der Waals surface area contributed by atoms with Crippen molar-refractivity contribution in [3.8, 4) is 5.88 Å². The number of pyridine rings is 1. The second kappa shape index (κ2) is 6.91. The van der Waals surface area contributed by atoms with Gasteiger partial charge >= 0.3 is 0 Å². The van der Waals surface area contributed by atoms with Crippen LogP contribution in [0.15, 0.2) is 41.0 Å². The maximum absolute atomic E-state index is 12.2. The molecule has 2 aromatic rings. The zero-order valence-electron chi connectivity index (χ0n) is 11.6. The van der Waals surface area contributed by atoms with Gasteiger partial charge in [-0.15, -0.1) is 0 Å². The lowest BCUT2D eigenvalue weighted by Crippen LogP contribution is -2.15. The van der Waals surface area contributed by atoms with Crippen LogP contribution in [0.3, 0.4) is 0 Å². The van der Waals surface area contributed by atoms with Gasteiger partial charge in [-0.25, -0.2) is 4.98 Å². The summed E-state index contributed by atoms with van der Waals surface area (Å²) in [4.78, 5) is 16.4. The molecule has 0 bridgehead atoms. The topological polar surface area (TPSA) is 51.2 Å². The summed E-state index contributed by atoms with van der Waals surface area (Å²) in [6.45, 7) is 3.80. The van der Waals surface area contributed by atoms with Gasteiger partial charge in [-0.2, -0.15) is 0 Å². The lowest BCUT2D eigenvalue weighted by Gasteiger charge is -2.13. The quantitative estimate of drug-likeness (QED) is 0.861. The molecule has 1 amide bonds. The Hall–Kier alpha value is -1.59. The van der Waals surface area contributed by atoms with E-state index in [0.29, 0.717) is 22.2 Å². The molecule has 1 heterocycles. The molecule has 21 heavy (non-hydrogen) atoms. The molecule has 0 aliphatic heterocycles. The SMILES string of the molecule is CC(C)Oc1ncccc1NC(=O)c1ccc(Br)c(Cl)c1. The third-order valence-corrected chi connectivity index (χ3v) is 3.78. The largest absolute Gasteiger partial charge is 0.473 e. The first-order chi connectivity index (χ1) is 9.97. The smallest absolute Gasteiger partial charge is 0.255 e. The Kier molecular flexibility index (Phi) is 5.20. The molecule has 1 N–H and O–H groups in total. The lowest BCUT2D eigenvalue weighted by molar-refractivity contribution is 0.102. The van der Waals surface area contributed by atoms with Gasteiger partial charge in [0.05, 0.1) is 11.1 Å². The fourth-order valence-corrected chi connectivity index (χ4v) is 2.06. The van der Waals surface area contributed by atoms with Crippen LogP contribution in [0.25, 0.3) is 0 Å². The highest BCUT2D eigenvalue weighted by atomic mass is 79.9. The standard InChI is InChI=1S/C15H14BrClN2O2/c1-9(2)21-15-13(4-3-7-18-15)19-14(20)10-5-6-11(16)12(17)8-10/h3-9H,1-2H3,(H,19,20). The molecular formula is C15H14BrClN2O2. The van der Waals surface area contributed by atoms with Crippen molar-refractivity contribution in [2.45, 2.75) is 20.0 Å². The predicted octanol–water partition coefficient (Wildman–Crippen LogP) is 4.54. The maximum Gasteiger partial charge on any atom is 0.255 e. The highest BCUT2D eigenvalue weighted by molar-refractivity contribution is 9.10. The average molecular weight is 370 g/mol. The minimum Gasteiger partial charge on any atom is -0.473 e. The van der Waals surface area contributed by atoms with Crippen LogP contribution in [0.1, 0.15) is 24.2 Å². The van der Waals surface area contributed by atoms with Crippen LogP contribution in [0, 0.1) is 0 Å². The molecule has 0 aliphatic rings. The van der Waals surface area contributed by atoms with E-state index in [1.54, 1.807) is 36.5 Å². The predicted molar refractivity (Wildman–Crippen MR) is 87.1 cm³/mol. The van der Waals surface area contributed by atoms with Crippen LogP contribution >= 0.6 is 27.5 Å². The number of hydrogen-bond acceptors (Lipinski definition) is 3. The number of ether oxygens (including phenoxy) is 1. The van der Waals surface area contributed by atoms with Gasteiger partial charge < -0.3 is 10.1 Å². The van der Waals surface area contributed by atoms with E-state index in [1.807, 2.05) is 13.8 Å². The minimum atomic E-state index is -0.272. The molecule has 2 rings (SSSR count). The molecule has 0 atom stereocenters. The van der Waals surface area contributed by atoms with Gasteiger partial charge in [0.1, 0.15) is 5.69 Å². The van der Waals surface area contributed by atoms with Crippen molar-refractivity contribution in [1.29, 1.82) is 0 Å². The van der Waals surface area contributed by atoms with E-state index in [2.05, 4.69) is 26.2 Å². The third kappa shape index (κ3) is 4.19. The molecule has 1 aromatic carbocycles. The molecule has 0 spiro atoms. The van der Waals surface area contributed by atoms with Gasteiger partial charge in [0, 0.05) is 16.2 Å². The Morgan fingerprint density at radius 3 is 2.81 bits per heavy atom. The van der Waals surface area contributed by atoms with E-state index >= 15 is 0 Å². The second-order valence-corrected chi connectivity index (χ2v) is 5.87. The summed E-state index contributed by atoms with van der Waals surface area (Å²) >= 11 is 9.29. The minimum absolute atomic E-state index is 0.0299. The number of rotatable bonds is 4. The molecule has 0 aliphatic carbocycles. The van der Waals surface area contributed by atoms with Gasteiger partial charge in [0.15, 0.2) is 0 Å². The van der Waals surface area contributed by atoms with Gasteiger partial charge in [0.2, 0.25) is 5.88 Å². The lowest BCUT2D eigenvalue weighted by atomic mass is 10.2. The monoisotopic (exact) mass is 368 g/mol. The number of benzene rings is 1. The number of amides is 1. The second-order valence-electron chi connectivity index (χ2n) is 4.61. The molecule has 0 saturated heterocycles. The normalized spacial score (nSPS) is 10.5. The van der Waals surface area contributed by atoms with Crippen LogP contribution < -0.4 is 10.1 Å². The summed E-state index contributed by atoms with van der Waals surface area (Å²) in [5, 5.41) is 3.26. The van der Waals surface area contributed by atoms with Crippen molar-refractivity contribution in [2.24, 2.45) is 0 Å². The Bertz CT molecular complexity index is 662. The first-order valence-corrected chi connectivity index (χ1v) is 7.52. The number of hydrogen-bond donors (Lipinski definition) is 1. The molecule has 1 aromatic heterocycles. The Morgan fingerprint density at radius 2 is 2.14 bits per heavy atom. The van der Waals surface area contributed by atoms with Crippen LogP contribution in [-0.2, 0) is 0 Å². The van der Waals surface area contributed by atoms with Crippen LogP contribution in [0.2, 0.25) is 5.02 Å². The number of halogens is 2. The van der Waals surface area contributed by atoms with E-state index < -0.39 is 0 Å². The molecule has 0 unspecified atom stereocenters. The number of aromatic nitrogens is 1. The van der Waals surface area contributed by atoms with Crippen LogP contribution in [0.4, 0.5) is 5.69 Å². The van der Waals surface area contributed by atoms with Crippen molar-refractivity contribution in [1.82, 2.24) is 4.98 Å². The van der Waals surface area contributed by atoms with Gasteiger partial charge in [-0.1, -0.05) is 11.6 Å². The Labute approximate surface area is 136 Å². The fourth-order valence-electron chi connectivity index (χ4n) is 1.63.